The van der Waals surface area contributed by atoms with Gasteiger partial charge in [-0.1, -0.05) is 48.0 Å². The molecule has 1 aromatic heterocycles. The molecule has 3 aliphatic rings. The topological polar surface area (TPSA) is 33.1 Å². The molecular weight excluding hydrogens is 392 g/mol. The van der Waals surface area contributed by atoms with E-state index in [9.17, 15) is 5.11 Å². The van der Waals surface area contributed by atoms with Gasteiger partial charge in [-0.2, -0.15) is 0 Å². The molecule has 5 atom stereocenters. The lowest BCUT2D eigenvalue weighted by Crippen LogP contribution is -2.67. The van der Waals surface area contributed by atoms with Gasteiger partial charge in [0.15, 0.2) is 0 Å². The van der Waals surface area contributed by atoms with Crippen molar-refractivity contribution in [2.24, 2.45) is 11.8 Å². The maximum atomic E-state index is 11.7. The molecule has 2 aromatic carbocycles. The molecule has 3 nitrogen and oxygen atoms in total. The molecule has 4 heteroatoms. The highest BCUT2D eigenvalue weighted by Crippen LogP contribution is 2.48. The molecule has 0 spiro atoms. The Morgan fingerprint density at radius 1 is 1.17 bits per heavy atom. The van der Waals surface area contributed by atoms with Crippen LogP contribution in [0, 0.1) is 11.8 Å². The van der Waals surface area contributed by atoms with E-state index in [1.165, 1.54) is 12.0 Å². The van der Waals surface area contributed by atoms with E-state index in [0.29, 0.717) is 11.8 Å². The Hall–Kier alpha value is -2.20. The number of aliphatic hydroxyl groups is 1. The number of aromatic nitrogens is 1. The minimum Gasteiger partial charge on any atom is -0.382 e. The lowest BCUT2D eigenvalue weighted by Gasteiger charge is -2.58. The van der Waals surface area contributed by atoms with Crippen LogP contribution in [0.2, 0.25) is 5.02 Å². The number of halogens is 1. The summed E-state index contributed by atoms with van der Waals surface area (Å²) in [6.45, 7) is 7.18. The second-order valence-corrected chi connectivity index (χ2v) is 9.46. The number of para-hydroxylation sites is 1. The third-order valence-corrected chi connectivity index (χ3v) is 7.70. The van der Waals surface area contributed by atoms with Gasteiger partial charge >= 0.3 is 0 Å². The largest absolute Gasteiger partial charge is 0.382 e. The molecule has 0 aliphatic carbocycles. The Morgan fingerprint density at radius 2 is 1.97 bits per heavy atom. The van der Waals surface area contributed by atoms with Crippen LogP contribution in [-0.2, 0) is 6.54 Å². The number of benzene rings is 2. The van der Waals surface area contributed by atoms with Gasteiger partial charge in [-0.15, -0.1) is 6.58 Å². The molecule has 0 saturated carbocycles. The standard InChI is InChI=1S/C26H28ClN2O/c1-2-19-17-29(16-18-7-9-21(27)10-8-18)14-12-20(19)15-25(29)26(30)23-11-13-28-24-6-4-3-5-22(23)24/h2-11,13,19-20,25-26,30H,1,12,14-17H2/q+1/t19-,20-,25+,26-,29?/m0/s1. The molecule has 154 valence electrons. The SMILES string of the molecule is C=C[C@H]1C[N+]2(Cc3ccc(Cl)cc3)CC[C@H]1C[C@@H]2[C@@H](O)c1ccnc2ccccc12. The highest BCUT2D eigenvalue weighted by molar-refractivity contribution is 6.30. The molecule has 3 aliphatic heterocycles. The maximum absolute atomic E-state index is 11.7. The van der Waals surface area contributed by atoms with Crippen LogP contribution in [0.4, 0.5) is 0 Å². The molecule has 0 radical (unpaired) electrons. The minimum absolute atomic E-state index is 0.168. The smallest absolute Gasteiger partial charge is 0.131 e. The summed E-state index contributed by atoms with van der Waals surface area (Å²) in [7, 11) is 0. The first kappa shape index (κ1) is 19.7. The summed E-state index contributed by atoms with van der Waals surface area (Å²) in [5.74, 6) is 1.13. The summed E-state index contributed by atoms with van der Waals surface area (Å²) in [6.07, 6.45) is 5.68. The number of aliphatic hydroxyl groups excluding tert-OH is 1. The number of hydrogen-bond donors (Lipinski definition) is 1. The third kappa shape index (κ3) is 3.35. The van der Waals surface area contributed by atoms with Crippen molar-refractivity contribution in [2.75, 3.05) is 13.1 Å². The van der Waals surface area contributed by atoms with Crippen LogP contribution in [0.25, 0.3) is 10.9 Å². The second-order valence-electron chi connectivity index (χ2n) is 9.02. The molecular formula is C26H28ClN2O+. The third-order valence-electron chi connectivity index (χ3n) is 7.45. The van der Waals surface area contributed by atoms with Crippen LogP contribution >= 0.6 is 11.6 Å². The van der Waals surface area contributed by atoms with Gasteiger partial charge in [-0.05, 0) is 35.7 Å². The van der Waals surface area contributed by atoms with Crippen molar-refractivity contribution < 1.29 is 9.59 Å². The molecule has 3 fully saturated rings. The molecule has 0 amide bonds. The van der Waals surface area contributed by atoms with Crippen molar-refractivity contribution >= 4 is 22.5 Å². The van der Waals surface area contributed by atoms with Crippen LogP contribution in [0.3, 0.4) is 0 Å². The van der Waals surface area contributed by atoms with E-state index in [-0.39, 0.29) is 6.04 Å². The van der Waals surface area contributed by atoms with Crippen molar-refractivity contribution in [1.82, 2.24) is 4.98 Å². The first-order chi connectivity index (χ1) is 14.6. The van der Waals surface area contributed by atoms with Crippen molar-refractivity contribution in [3.05, 3.63) is 89.6 Å². The molecule has 30 heavy (non-hydrogen) atoms. The van der Waals surface area contributed by atoms with Crippen LogP contribution in [0.1, 0.15) is 30.1 Å². The Balaban J connectivity index is 1.55. The second kappa shape index (κ2) is 7.81. The quantitative estimate of drug-likeness (QED) is 0.435. The highest BCUT2D eigenvalue weighted by Gasteiger charge is 2.53. The van der Waals surface area contributed by atoms with Crippen LogP contribution in [0.5, 0.6) is 0 Å². The summed E-state index contributed by atoms with van der Waals surface area (Å²) in [5.41, 5.74) is 3.22. The average Bonchev–Trinajstić information content (AvgIpc) is 2.79. The predicted octanol–water partition coefficient (Wildman–Crippen LogP) is 5.53. The van der Waals surface area contributed by atoms with E-state index in [1.54, 1.807) is 0 Å². The predicted molar refractivity (Wildman–Crippen MR) is 122 cm³/mol. The molecule has 6 rings (SSSR count). The highest BCUT2D eigenvalue weighted by atomic mass is 35.5. The average molecular weight is 420 g/mol. The van der Waals surface area contributed by atoms with Gasteiger partial charge in [0, 0.05) is 40.9 Å². The molecule has 2 bridgehead atoms. The number of fused-ring (bicyclic) bond motifs is 4. The lowest BCUT2D eigenvalue weighted by molar-refractivity contribution is -0.984. The Morgan fingerprint density at radius 3 is 2.77 bits per heavy atom. The minimum atomic E-state index is -0.515. The fourth-order valence-electron chi connectivity index (χ4n) is 5.92. The van der Waals surface area contributed by atoms with Crippen LogP contribution in [0.15, 0.2) is 73.4 Å². The summed E-state index contributed by atoms with van der Waals surface area (Å²) in [5, 5.41) is 13.5. The summed E-state index contributed by atoms with van der Waals surface area (Å²) >= 11 is 6.13. The molecule has 1 unspecified atom stereocenters. The van der Waals surface area contributed by atoms with Gasteiger partial charge in [0.2, 0.25) is 0 Å². The zero-order valence-electron chi connectivity index (χ0n) is 17.1. The zero-order chi connectivity index (χ0) is 20.7. The number of nitrogens with zero attached hydrogens (tertiary/aromatic N) is 2. The first-order valence-corrected chi connectivity index (χ1v) is 11.2. The Labute approximate surface area is 183 Å². The molecule has 3 saturated heterocycles. The van der Waals surface area contributed by atoms with E-state index in [0.717, 1.165) is 52.0 Å². The monoisotopic (exact) mass is 419 g/mol. The molecule has 1 N–H and O–H groups in total. The summed E-state index contributed by atoms with van der Waals surface area (Å²) in [4.78, 5) is 4.49. The van der Waals surface area contributed by atoms with Gasteiger partial charge in [0.05, 0.1) is 18.6 Å². The fourth-order valence-corrected chi connectivity index (χ4v) is 6.04. The number of quaternary nitrogens is 1. The molecule has 4 heterocycles. The van der Waals surface area contributed by atoms with Gasteiger partial charge in [0.1, 0.15) is 18.7 Å². The van der Waals surface area contributed by atoms with E-state index in [2.05, 4.69) is 35.8 Å². The van der Waals surface area contributed by atoms with Crippen molar-refractivity contribution in [3.63, 3.8) is 0 Å². The number of piperidine rings is 3. The van der Waals surface area contributed by atoms with Crippen LogP contribution in [-0.4, -0.2) is 33.7 Å². The van der Waals surface area contributed by atoms with E-state index in [1.807, 2.05) is 42.6 Å². The normalized spacial score (nSPS) is 29.1. The Bertz CT molecular complexity index is 1060. The van der Waals surface area contributed by atoms with Gasteiger partial charge in [-0.3, -0.25) is 4.98 Å². The number of pyridine rings is 1. The van der Waals surface area contributed by atoms with Gasteiger partial charge < -0.3 is 9.59 Å². The van der Waals surface area contributed by atoms with Crippen LogP contribution < -0.4 is 0 Å². The van der Waals surface area contributed by atoms with E-state index >= 15 is 0 Å². The lowest BCUT2D eigenvalue weighted by atomic mass is 9.71. The summed E-state index contributed by atoms with van der Waals surface area (Å²) in [6, 6.07) is 18.5. The first-order valence-electron chi connectivity index (χ1n) is 10.8. The maximum Gasteiger partial charge on any atom is 0.131 e. The van der Waals surface area contributed by atoms with Crippen molar-refractivity contribution in [2.45, 2.75) is 31.5 Å². The van der Waals surface area contributed by atoms with Gasteiger partial charge in [0.25, 0.3) is 0 Å². The fraction of sp³-hybridized carbons (Fsp3) is 0.346. The van der Waals surface area contributed by atoms with Crippen molar-refractivity contribution in [1.29, 1.82) is 0 Å². The van der Waals surface area contributed by atoms with Gasteiger partial charge in [-0.25, -0.2) is 0 Å². The van der Waals surface area contributed by atoms with Crippen molar-refractivity contribution in [3.8, 4) is 0 Å². The van der Waals surface area contributed by atoms with E-state index in [4.69, 9.17) is 11.6 Å². The zero-order valence-corrected chi connectivity index (χ0v) is 17.9. The Kier molecular flexibility index (Phi) is 5.14. The number of rotatable bonds is 5. The molecule has 3 aromatic rings. The number of hydrogen-bond acceptors (Lipinski definition) is 2. The summed E-state index contributed by atoms with van der Waals surface area (Å²) < 4.78 is 0.909. The van der Waals surface area contributed by atoms with E-state index < -0.39 is 6.10 Å².